The van der Waals surface area contributed by atoms with E-state index in [1.165, 1.54) is 11.3 Å². The standard InChI is InChI=1S/C11H10F3N3S/c1-15-3-2-9-16-17-11(18-9)6-4-7(12)10(14)8(13)5-6/h4-5,15H,2-3H2,1H3. The van der Waals surface area contributed by atoms with Crippen LogP contribution in [0.3, 0.4) is 0 Å². The van der Waals surface area contributed by atoms with E-state index in [1.807, 2.05) is 7.05 Å². The molecule has 0 unspecified atom stereocenters. The van der Waals surface area contributed by atoms with E-state index in [4.69, 9.17) is 0 Å². The lowest BCUT2D eigenvalue weighted by Crippen LogP contribution is -2.09. The van der Waals surface area contributed by atoms with Gasteiger partial charge in [-0.2, -0.15) is 0 Å². The van der Waals surface area contributed by atoms with Crippen LogP contribution in [-0.4, -0.2) is 23.8 Å². The van der Waals surface area contributed by atoms with E-state index in [0.717, 1.165) is 23.7 Å². The molecule has 0 saturated carbocycles. The smallest absolute Gasteiger partial charge is 0.194 e. The van der Waals surface area contributed by atoms with Crippen molar-refractivity contribution in [2.24, 2.45) is 0 Å². The largest absolute Gasteiger partial charge is 0.319 e. The lowest BCUT2D eigenvalue weighted by molar-refractivity contribution is 0.447. The number of rotatable bonds is 4. The Balaban J connectivity index is 2.28. The van der Waals surface area contributed by atoms with Crippen LogP contribution in [0.1, 0.15) is 5.01 Å². The van der Waals surface area contributed by atoms with Gasteiger partial charge in [-0.15, -0.1) is 10.2 Å². The Morgan fingerprint density at radius 2 is 1.83 bits per heavy atom. The van der Waals surface area contributed by atoms with Gasteiger partial charge in [0.15, 0.2) is 17.5 Å². The first-order valence-electron chi connectivity index (χ1n) is 5.23. The first-order valence-corrected chi connectivity index (χ1v) is 6.05. The fourth-order valence-electron chi connectivity index (χ4n) is 1.38. The predicted molar refractivity (Wildman–Crippen MR) is 62.8 cm³/mol. The number of hydrogen-bond donors (Lipinski definition) is 1. The maximum atomic E-state index is 13.1. The molecular weight excluding hydrogens is 263 g/mol. The highest BCUT2D eigenvalue weighted by Gasteiger charge is 2.14. The van der Waals surface area contributed by atoms with Gasteiger partial charge in [0.2, 0.25) is 0 Å². The Morgan fingerprint density at radius 3 is 2.44 bits per heavy atom. The number of aromatic nitrogens is 2. The summed E-state index contributed by atoms with van der Waals surface area (Å²) in [5.41, 5.74) is 0.194. The van der Waals surface area contributed by atoms with E-state index in [0.29, 0.717) is 11.4 Å². The fourth-order valence-corrected chi connectivity index (χ4v) is 2.21. The Kier molecular flexibility index (Phi) is 3.93. The molecule has 96 valence electrons. The van der Waals surface area contributed by atoms with Crippen LogP contribution in [0.2, 0.25) is 0 Å². The summed E-state index contributed by atoms with van der Waals surface area (Å²) in [6, 6.07) is 1.83. The molecule has 0 atom stereocenters. The molecule has 7 heteroatoms. The Labute approximate surface area is 106 Å². The monoisotopic (exact) mass is 273 g/mol. The third kappa shape index (κ3) is 2.68. The van der Waals surface area contributed by atoms with Gasteiger partial charge in [0, 0.05) is 18.5 Å². The second-order valence-electron chi connectivity index (χ2n) is 3.61. The van der Waals surface area contributed by atoms with Gasteiger partial charge in [0.1, 0.15) is 10.0 Å². The zero-order valence-electron chi connectivity index (χ0n) is 9.51. The number of nitrogens with one attached hydrogen (secondary N) is 1. The minimum Gasteiger partial charge on any atom is -0.319 e. The van der Waals surface area contributed by atoms with Crippen molar-refractivity contribution < 1.29 is 13.2 Å². The molecule has 2 aromatic rings. The molecule has 0 bridgehead atoms. The zero-order chi connectivity index (χ0) is 13.1. The van der Waals surface area contributed by atoms with Crippen molar-refractivity contribution >= 4 is 11.3 Å². The van der Waals surface area contributed by atoms with Gasteiger partial charge in [0.25, 0.3) is 0 Å². The van der Waals surface area contributed by atoms with Gasteiger partial charge in [-0.25, -0.2) is 13.2 Å². The molecule has 0 fully saturated rings. The second-order valence-corrected chi connectivity index (χ2v) is 4.67. The maximum Gasteiger partial charge on any atom is 0.194 e. The lowest BCUT2D eigenvalue weighted by atomic mass is 10.2. The number of nitrogens with zero attached hydrogens (tertiary/aromatic N) is 2. The van der Waals surface area contributed by atoms with Gasteiger partial charge in [-0.3, -0.25) is 0 Å². The number of halogens is 3. The highest BCUT2D eigenvalue weighted by Crippen LogP contribution is 2.26. The van der Waals surface area contributed by atoms with Gasteiger partial charge >= 0.3 is 0 Å². The minimum atomic E-state index is -1.47. The van der Waals surface area contributed by atoms with Crippen LogP contribution in [-0.2, 0) is 6.42 Å². The van der Waals surface area contributed by atoms with Gasteiger partial charge < -0.3 is 5.32 Å². The Morgan fingerprint density at radius 1 is 1.17 bits per heavy atom. The highest BCUT2D eigenvalue weighted by molar-refractivity contribution is 7.14. The van der Waals surface area contributed by atoms with E-state index in [2.05, 4.69) is 15.5 Å². The molecule has 0 spiro atoms. The quantitative estimate of drug-likeness (QED) is 0.869. The van der Waals surface area contributed by atoms with Crippen molar-refractivity contribution in [3.63, 3.8) is 0 Å². The molecular formula is C11H10F3N3S. The molecule has 18 heavy (non-hydrogen) atoms. The highest BCUT2D eigenvalue weighted by atomic mass is 32.1. The second kappa shape index (κ2) is 5.45. The SMILES string of the molecule is CNCCc1nnc(-c2cc(F)c(F)c(F)c2)s1. The van der Waals surface area contributed by atoms with Crippen LogP contribution < -0.4 is 5.32 Å². The molecule has 1 heterocycles. The lowest BCUT2D eigenvalue weighted by Gasteiger charge is -1.98. The first-order chi connectivity index (χ1) is 8.61. The summed E-state index contributed by atoms with van der Waals surface area (Å²) < 4.78 is 38.9. The van der Waals surface area contributed by atoms with E-state index in [1.54, 1.807) is 0 Å². The molecule has 0 aliphatic rings. The molecule has 0 saturated heterocycles. The maximum absolute atomic E-state index is 13.1. The predicted octanol–water partition coefficient (Wildman–Crippen LogP) is 2.38. The summed E-state index contributed by atoms with van der Waals surface area (Å²) in [4.78, 5) is 0. The van der Waals surface area contributed by atoms with E-state index < -0.39 is 17.5 Å². The third-order valence-electron chi connectivity index (χ3n) is 2.29. The van der Waals surface area contributed by atoms with Gasteiger partial charge in [-0.1, -0.05) is 11.3 Å². The normalized spacial score (nSPS) is 10.9. The topological polar surface area (TPSA) is 37.8 Å². The van der Waals surface area contributed by atoms with Crippen molar-refractivity contribution in [3.05, 3.63) is 34.6 Å². The molecule has 1 N–H and O–H groups in total. The average molecular weight is 273 g/mol. The molecule has 0 radical (unpaired) electrons. The number of likely N-dealkylation sites (N-methyl/N-ethyl adjacent to an activating group) is 1. The summed E-state index contributed by atoms with van der Waals surface area (Å²) in [6.45, 7) is 0.737. The summed E-state index contributed by atoms with van der Waals surface area (Å²) in [5.74, 6) is -3.92. The van der Waals surface area contributed by atoms with Crippen molar-refractivity contribution in [3.8, 4) is 10.6 Å². The molecule has 1 aromatic carbocycles. The third-order valence-corrected chi connectivity index (χ3v) is 3.32. The Hall–Kier alpha value is -1.47. The van der Waals surface area contributed by atoms with E-state index in [9.17, 15) is 13.2 Å². The molecule has 0 aliphatic carbocycles. The zero-order valence-corrected chi connectivity index (χ0v) is 10.3. The van der Waals surface area contributed by atoms with Crippen molar-refractivity contribution in [1.29, 1.82) is 0 Å². The number of hydrogen-bond acceptors (Lipinski definition) is 4. The Bertz CT molecular complexity index is 533. The molecule has 3 nitrogen and oxygen atoms in total. The summed E-state index contributed by atoms with van der Waals surface area (Å²) in [5, 5.41) is 11.8. The van der Waals surface area contributed by atoms with Crippen LogP contribution in [0, 0.1) is 17.5 Å². The van der Waals surface area contributed by atoms with Crippen LogP contribution >= 0.6 is 11.3 Å². The summed E-state index contributed by atoms with van der Waals surface area (Å²) in [7, 11) is 1.81. The van der Waals surface area contributed by atoms with Gasteiger partial charge in [-0.05, 0) is 19.2 Å². The fraction of sp³-hybridized carbons (Fsp3) is 0.273. The molecule has 1 aromatic heterocycles. The van der Waals surface area contributed by atoms with Gasteiger partial charge in [0.05, 0.1) is 0 Å². The van der Waals surface area contributed by atoms with Crippen LogP contribution in [0.25, 0.3) is 10.6 Å². The van der Waals surface area contributed by atoms with E-state index >= 15 is 0 Å². The summed E-state index contributed by atoms with van der Waals surface area (Å²) in [6.07, 6.45) is 0.681. The van der Waals surface area contributed by atoms with Crippen LogP contribution in [0.15, 0.2) is 12.1 Å². The molecule has 0 aliphatic heterocycles. The minimum absolute atomic E-state index is 0.194. The van der Waals surface area contributed by atoms with E-state index in [-0.39, 0.29) is 5.56 Å². The number of benzene rings is 1. The molecule has 2 rings (SSSR count). The average Bonchev–Trinajstić information content (AvgIpc) is 2.81. The van der Waals surface area contributed by atoms with Crippen molar-refractivity contribution in [2.75, 3.05) is 13.6 Å². The van der Waals surface area contributed by atoms with Crippen molar-refractivity contribution in [1.82, 2.24) is 15.5 Å². The summed E-state index contributed by atoms with van der Waals surface area (Å²) >= 11 is 1.23. The molecule has 0 amide bonds. The van der Waals surface area contributed by atoms with Crippen LogP contribution in [0.5, 0.6) is 0 Å². The first kappa shape index (κ1) is 13.0. The van der Waals surface area contributed by atoms with Crippen molar-refractivity contribution in [2.45, 2.75) is 6.42 Å². The van der Waals surface area contributed by atoms with Crippen LogP contribution in [0.4, 0.5) is 13.2 Å².